The van der Waals surface area contributed by atoms with E-state index in [1.807, 2.05) is 13.8 Å². The molecule has 3 fully saturated rings. The van der Waals surface area contributed by atoms with Gasteiger partial charge in [-0.05, 0) is 50.5 Å². The van der Waals surface area contributed by atoms with E-state index in [1.165, 1.54) is 6.08 Å². The topological polar surface area (TPSA) is 80.7 Å². The molecule has 176 valence electrons. The van der Waals surface area contributed by atoms with Crippen LogP contribution in [0.3, 0.4) is 0 Å². The smallest absolute Gasteiger partial charge is 0.306 e. The van der Waals surface area contributed by atoms with Crippen molar-refractivity contribution < 1.29 is 33.0 Å². The standard InChI is InChI=1S/C24H30F2O5S/c1-5-17(29)31-24(21(30)32)11(2)8-14-13-7-6-12-9-15(27)19(25)20(26)23(12,4)18(13)16(28)10-22(14,24)3/h9,11,13-14,16,18,28H,5-8,10H2,1-4H3,(H,30,32)/t11?,13-,14-,16-,18+,22-,23-,24-/m0/s1. The van der Waals surface area contributed by atoms with Gasteiger partial charge < -0.3 is 9.84 Å². The van der Waals surface area contributed by atoms with E-state index in [0.717, 1.165) is 0 Å². The molecule has 0 amide bonds. The maximum Gasteiger partial charge on any atom is 0.306 e. The first kappa shape index (κ1) is 23.6. The van der Waals surface area contributed by atoms with Gasteiger partial charge in [-0.1, -0.05) is 26.3 Å². The number of ether oxygens (including phenoxy) is 1. The van der Waals surface area contributed by atoms with Gasteiger partial charge in [-0.3, -0.25) is 14.4 Å². The summed E-state index contributed by atoms with van der Waals surface area (Å²) < 4.78 is 35.5. The Hall–Kier alpha value is -1.54. The molecule has 4 aliphatic carbocycles. The number of fused-ring (bicyclic) bond motifs is 5. The number of halogens is 2. The van der Waals surface area contributed by atoms with E-state index in [9.17, 15) is 23.9 Å². The highest BCUT2D eigenvalue weighted by Crippen LogP contribution is 2.70. The number of carbonyl (C=O) groups excluding carboxylic acids is 3. The summed E-state index contributed by atoms with van der Waals surface area (Å²) in [6.45, 7) is 6.91. The maximum atomic E-state index is 15.3. The van der Waals surface area contributed by atoms with E-state index < -0.39 is 57.0 Å². The van der Waals surface area contributed by atoms with Crippen LogP contribution in [0.2, 0.25) is 0 Å². The van der Waals surface area contributed by atoms with Gasteiger partial charge in [0.15, 0.2) is 5.60 Å². The van der Waals surface area contributed by atoms with Gasteiger partial charge >= 0.3 is 5.97 Å². The van der Waals surface area contributed by atoms with Crippen LogP contribution < -0.4 is 0 Å². The molecule has 0 bridgehead atoms. The van der Waals surface area contributed by atoms with Crippen LogP contribution in [-0.4, -0.2) is 33.7 Å². The van der Waals surface area contributed by atoms with E-state index in [-0.39, 0.29) is 30.6 Å². The second kappa shape index (κ2) is 7.49. The van der Waals surface area contributed by atoms with E-state index in [4.69, 9.17) is 4.74 Å². The van der Waals surface area contributed by atoms with Crippen molar-refractivity contribution >= 4 is 29.5 Å². The zero-order valence-corrected chi connectivity index (χ0v) is 19.7. The highest BCUT2D eigenvalue weighted by Gasteiger charge is 2.73. The van der Waals surface area contributed by atoms with Crippen molar-refractivity contribution in [2.45, 2.75) is 71.5 Å². The van der Waals surface area contributed by atoms with E-state index in [0.29, 0.717) is 24.8 Å². The van der Waals surface area contributed by atoms with E-state index in [1.54, 1.807) is 13.8 Å². The Morgan fingerprint density at radius 3 is 2.56 bits per heavy atom. The molecule has 8 heteroatoms. The predicted octanol–water partition coefficient (Wildman–Crippen LogP) is 4.25. The third kappa shape index (κ3) is 2.74. The summed E-state index contributed by atoms with van der Waals surface area (Å²) >= 11 is 4.14. The summed E-state index contributed by atoms with van der Waals surface area (Å²) in [5, 5.41) is 10.8. The van der Waals surface area contributed by atoms with Crippen molar-refractivity contribution in [3.8, 4) is 0 Å². The molecule has 0 saturated heterocycles. The van der Waals surface area contributed by atoms with Gasteiger partial charge in [-0.15, -0.1) is 12.6 Å². The lowest BCUT2D eigenvalue weighted by atomic mass is 9.46. The molecule has 8 atom stereocenters. The SMILES string of the molecule is CCC(=O)O[C@]1(C(=O)S)C(C)C[C@H]2[C@@H]3CCC4=CC(=O)C(F)=C(F)[C@]4(C)[C@H]3[C@@H](O)C[C@@]21C. The van der Waals surface area contributed by atoms with Crippen LogP contribution in [0.15, 0.2) is 23.3 Å². The largest absolute Gasteiger partial charge is 0.449 e. The number of aliphatic hydroxyl groups is 1. The normalized spacial score (nSPS) is 45.6. The average molecular weight is 469 g/mol. The lowest BCUT2D eigenvalue weighted by molar-refractivity contribution is -0.200. The number of thiol groups is 1. The second-order valence-corrected chi connectivity index (χ2v) is 10.8. The first-order valence-corrected chi connectivity index (χ1v) is 11.7. The van der Waals surface area contributed by atoms with Gasteiger partial charge in [0, 0.05) is 29.1 Å². The quantitative estimate of drug-likeness (QED) is 0.478. The predicted molar refractivity (Wildman–Crippen MR) is 116 cm³/mol. The lowest BCUT2D eigenvalue weighted by Gasteiger charge is -2.59. The molecule has 0 aliphatic heterocycles. The van der Waals surface area contributed by atoms with Crippen LogP contribution in [0.4, 0.5) is 8.78 Å². The molecule has 5 nitrogen and oxygen atoms in total. The third-order valence-corrected chi connectivity index (χ3v) is 9.46. The molecule has 0 aromatic rings. The van der Waals surface area contributed by atoms with Gasteiger partial charge in [0.1, 0.15) is 5.83 Å². The number of aliphatic hydroxyl groups excluding tert-OH is 1. The Labute approximate surface area is 192 Å². The Morgan fingerprint density at radius 1 is 1.31 bits per heavy atom. The molecule has 3 saturated carbocycles. The second-order valence-electron chi connectivity index (χ2n) is 10.4. The minimum absolute atomic E-state index is 0.0815. The number of allylic oxidation sites excluding steroid dienone is 4. The molecule has 0 aromatic heterocycles. The third-order valence-electron chi connectivity index (χ3n) is 9.13. The highest BCUT2D eigenvalue weighted by atomic mass is 32.1. The number of esters is 1. The molecular formula is C24H30F2O5S. The molecule has 32 heavy (non-hydrogen) atoms. The summed E-state index contributed by atoms with van der Waals surface area (Å²) in [6.07, 6.45) is 1.77. The minimum Gasteiger partial charge on any atom is -0.449 e. The Kier molecular flexibility index (Phi) is 5.52. The highest BCUT2D eigenvalue weighted by molar-refractivity contribution is 7.96. The molecule has 0 spiro atoms. The van der Waals surface area contributed by atoms with Crippen LogP contribution >= 0.6 is 12.6 Å². The number of carbonyl (C=O) groups is 3. The summed E-state index contributed by atoms with van der Waals surface area (Å²) in [5.74, 6) is -5.40. The molecule has 1 N–H and O–H groups in total. The van der Waals surface area contributed by atoms with Crippen LogP contribution in [0.5, 0.6) is 0 Å². The Bertz CT molecular complexity index is 960. The molecule has 4 rings (SSSR count). The van der Waals surface area contributed by atoms with Crippen LogP contribution in [0.1, 0.15) is 59.8 Å². The summed E-state index contributed by atoms with van der Waals surface area (Å²) in [5.41, 5.74) is -3.32. The van der Waals surface area contributed by atoms with Gasteiger partial charge in [0.2, 0.25) is 16.7 Å². The molecule has 0 heterocycles. The van der Waals surface area contributed by atoms with E-state index >= 15 is 4.39 Å². The van der Waals surface area contributed by atoms with Crippen molar-refractivity contribution in [3.05, 3.63) is 23.3 Å². The summed E-state index contributed by atoms with van der Waals surface area (Å²) in [7, 11) is 0. The Balaban J connectivity index is 1.83. The fraction of sp³-hybridized carbons (Fsp3) is 0.708. The number of hydrogen-bond donors (Lipinski definition) is 2. The number of ketones is 1. The zero-order chi connectivity index (χ0) is 23.8. The molecule has 1 unspecified atom stereocenters. The minimum atomic E-state index is -1.50. The lowest BCUT2D eigenvalue weighted by Crippen LogP contribution is -2.63. The van der Waals surface area contributed by atoms with Crippen molar-refractivity contribution in [1.29, 1.82) is 0 Å². The molecular weight excluding hydrogens is 438 g/mol. The van der Waals surface area contributed by atoms with Crippen LogP contribution in [-0.2, 0) is 19.1 Å². The first-order chi connectivity index (χ1) is 14.9. The first-order valence-electron chi connectivity index (χ1n) is 11.3. The fourth-order valence-electron chi connectivity index (χ4n) is 7.72. The van der Waals surface area contributed by atoms with Crippen molar-refractivity contribution in [1.82, 2.24) is 0 Å². The van der Waals surface area contributed by atoms with Gasteiger partial charge in [0.05, 0.1) is 6.10 Å². The number of hydrogen-bond acceptors (Lipinski definition) is 5. The molecule has 0 radical (unpaired) electrons. The Morgan fingerprint density at radius 2 is 1.97 bits per heavy atom. The van der Waals surface area contributed by atoms with Gasteiger partial charge in [-0.2, -0.15) is 4.39 Å². The van der Waals surface area contributed by atoms with Crippen LogP contribution in [0, 0.1) is 34.5 Å². The summed E-state index contributed by atoms with van der Waals surface area (Å²) in [6, 6.07) is 0. The summed E-state index contributed by atoms with van der Waals surface area (Å²) in [4.78, 5) is 37.2. The maximum absolute atomic E-state index is 15.3. The fourth-order valence-corrected chi connectivity index (χ4v) is 8.24. The van der Waals surface area contributed by atoms with Crippen molar-refractivity contribution in [2.75, 3.05) is 0 Å². The number of rotatable bonds is 3. The monoisotopic (exact) mass is 468 g/mol. The van der Waals surface area contributed by atoms with Crippen molar-refractivity contribution in [3.63, 3.8) is 0 Å². The van der Waals surface area contributed by atoms with Crippen LogP contribution in [0.25, 0.3) is 0 Å². The van der Waals surface area contributed by atoms with Crippen molar-refractivity contribution in [2.24, 2.45) is 34.5 Å². The zero-order valence-electron chi connectivity index (χ0n) is 18.8. The molecule has 4 aliphatic rings. The van der Waals surface area contributed by atoms with E-state index in [2.05, 4.69) is 12.6 Å². The van der Waals surface area contributed by atoms with Gasteiger partial charge in [-0.25, -0.2) is 4.39 Å². The average Bonchev–Trinajstić information content (AvgIpc) is 2.94. The van der Waals surface area contributed by atoms with Gasteiger partial charge in [0.25, 0.3) is 0 Å². The molecule has 0 aromatic carbocycles.